The van der Waals surface area contributed by atoms with Crippen LogP contribution in [0.1, 0.15) is 50.8 Å². The van der Waals surface area contributed by atoms with Crippen LogP contribution >= 0.6 is 0 Å². The smallest absolute Gasteiger partial charge is 0.338 e. The Morgan fingerprint density at radius 2 is 2.04 bits per heavy atom. The Labute approximate surface area is 143 Å². The third-order valence-electron chi connectivity index (χ3n) is 4.89. The number of carboxylic acid groups (broad SMARTS) is 1. The van der Waals surface area contributed by atoms with E-state index in [4.69, 9.17) is 9.63 Å². The summed E-state index contributed by atoms with van der Waals surface area (Å²) in [7, 11) is 1.70. The van der Waals surface area contributed by atoms with Crippen molar-refractivity contribution in [3.63, 3.8) is 0 Å². The second-order valence-electron chi connectivity index (χ2n) is 6.36. The molecule has 2 aliphatic rings. The van der Waals surface area contributed by atoms with Crippen molar-refractivity contribution < 1.29 is 19.2 Å². The summed E-state index contributed by atoms with van der Waals surface area (Å²) in [4.78, 5) is 33.8. The first-order chi connectivity index (χ1) is 12.0. The van der Waals surface area contributed by atoms with Gasteiger partial charge in [-0.2, -0.15) is 0 Å². The molecule has 9 nitrogen and oxygen atoms in total. The van der Waals surface area contributed by atoms with E-state index in [0.29, 0.717) is 24.5 Å². The fourth-order valence-corrected chi connectivity index (χ4v) is 3.16. The number of fused-ring (bicyclic) bond motifs is 1. The minimum Gasteiger partial charge on any atom is -0.478 e. The predicted molar refractivity (Wildman–Crippen MR) is 83.9 cm³/mol. The minimum atomic E-state index is -1.08. The number of hydrogen-bond donors (Lipinski definition) is 2. The molecule has 2 N–H and O–H groups in total. The lowest BCUT2D eigenvalue weighted by atomic mass is 10.1. The number of nitrogens with one attached hydrogen (secondary N) is 1. The lowest BCUT2D eigenvalue weighted by Gasteiger charge is -2.26. The molecule has 4 rings (SSSR count). The molecule has 0 unspecified atom stereocenters. The van der Waals surface area contributed by atoms with Gasteiger partial charge in [0.15, 0.2) is 11.5 Å². The standard InChI is InChI=1S/C16H17N5O4/c1-21(13(22)12-10-8-17-5-2-11(10)25-20-12)16(3-4-16)15-18-6-9(7-19-15)14(23)24/h6-7,17H,2-5,8H2,1H3,(H,23,24). The monoisotopic (exact) mass is 343 g/mol. The van der Waals surface area contributed by atoms with Crippen molar-refractivity contribution in [1.82, 2.24) is 25.3 Å². The molecular formula is C16H17N5O4. The minimum absolute atomic E-state index is 0.0187. The first-order valence-corrected chi connectivity index (χ1v) is 8.05. The van der Waals surface area contributed by atoms with Crippen LogP contribution in [0.4, 0.5) is 0 Å². The molecular weight excluding hydrogens is 326 g/mol. The van der Waals surface area contributed by atoms with Crippen molar-refractivity contribution in [3.8, 4) is 0 Å². The number of aromatic nitrogens is 3. The van der Waals surface area contributed by atoms with Crippen LogP contribution in [0.3, 0.4) is 0 Å². The third kappa shape index (κ3) is 2.47. The van der Waals surface area contributed by atoms with E-state index >= 15 is 0 Å². The number of amides is 1. The van der Waals surface area contributed by atoms with E-state index in [2.05, 4.69) is 20.4 Å². The first-order valence-electron chi connectivity index (χ1n) is 8.05. The van der Waals surface area contributed by atoms with Gasteiger partial charge in [0.25, 0.3) is 5.91 Å². The van der Waals surface area contributed by atoms with Crippen LogP contribution in [-0.4, -0.2) is 50.6 Å². The zero-order valence-corrected chi connectivity index (χ0v) is 13.7. The third-order valence-corrected chi connectivity index (χ3v) is 4.89. The quantitative estimate of drug-likeness (QED) is 0.826. The highest BCUT2D eigenvalue weighted by Crippen LogP contribution is 2.49. The molecule has 1 fully saturated rings. The maximum Gasteiger partial charge on any atom is 0.338 e. The van der Waals surface area contributed by atoms with Crippen LogP contribution < -0.4 is 5.32 Å². The Hall–Kier alpha value is -2.81. The van der Waals surface area contributed by atoms with E-state index in [1.165, 1.54) is 12.4 Å². The summed E-state index contributed by atoms with van der Waals surface area (Å²) < 4.78 is 5.31. The first kappa shape index (κ1) is 15.7. The van der Waals surface area contributed by atoms with Crippen LogP contribution in [0.2, 0.25) is 0 Å². The van der Waals surface area contributed by atoms with Gasteiger partial charge >= 0.3 is 5.97 Å². The number of carbonyl (C=O) groups is 2. The average molecular weight is 343 g/mol. The molecule has 1 aliphatic carbocycles. The molecule has 0 spiro atoms. The van der Waals surface area contributed by atoms with Crippen molar-refractivity contribution in [1.29, 1.82) is 0 Å². The molecule has 1 amide bonds. The summed E-state index contributed by atoms with van der Waals surface area (Å²) in [5, 5.41) is 16.1. The number of carboxylic acids is 1. The number of hydrogen-bond acceptors (Lipinski definition) is 7. The van der Waals surface area contributed by atoms with Crippen molar-refractivity contribution in [2.24, 2.45) is 0 Å². The van der Waals surface area contributed by atoms with Gasteiger partial charge in [0.05, 0.1) is 5.56 Å². The molecule has 0 aromatic carbocycles. The molecule has 1 aliphatic heterocycles. The summed E-state index contributed by atoms with van der Waals surface area (Å²) in [6.45, 7) is 1.37. The Kier molecular flexibility index (Phi) is 3.53. The molecule has 130 valence electrons. The second kappa shape index (κ2) is 5.62. The number of rotatable bonds is 4. The van der Waals surface area contributed by atoms with Gasteiger partial charge in [0.2, 0.25) is 0 Å². The van der Waals surface area contributed by atoms with Gasteiger partial charge in [-0.3, -0.25) is 4.79 Å². The number of carbonyl (C=O) groups excluding carboxylic acids is 1. The highest BCUT2D eigenvalue weighted by atomic mass is 16.5. The zero-order chi connectivity index (χ0) is 17.6. The SMILES string of the molecule is CN(C(=O)c1noc2c1CNCC2)C1(c2ncc(C(=O)O)cn2)CC1. The summed E-state index contributed by atoms with van der Waals surface area (Å²) in [6.07, 6.45) is 4.69. The number of nitrogens with zero attached hydrogens (tertiary/aromatic N) is 4. The Bertz CT molecular complexity index is 841. The second-order valence-corrected chi connectivity index (χ2v) is 6.36. The van der Waals surface area contributed by atoms with Gasteiger partial charge in [-0.05, 0) is 12.8 Å². The fourth-order valence-electron chi connectivity index (χ4n) is 3.16. The average Bonchev–Trinajstić information content (AvgIpc) is 3.34. The van der Waals surface area contributed by atoms with Crippen molar-refractivity contribution >= 4 is 11.9 Å². The summed E-state index contributed by atoms with van der Waals surface area (Å²) >= 11 is 0. The predicted octanol–water partition coefficient (Wildman–Crippen LogP) is 0.570. The van der Waals surface area contributed by atoms with E-state index in [1.807, 2.05) is 0 Å². The summed E-state index contributed by atoms with van der Waals surface area (Å²) in [5.74, 6) is -0.120. The van der Waals surface area contributed by atoms with Crippen molar-refractivity contribution in [3.05, 3.63) is 40.8 Å². The fraction of sp³-hybridized carbons (Fsp3) is 0.438. The molecule has 25 heavy (non-hydrogen) atoms. The molecule has 0 radical (unpaired) electrons. The molecule has 0 saturated heterocycles. The molecule has 3 heterocycles. The normalized spacial score (nSPS) is 17.6. The van der Waals surface area contributed by atoms with Crippen LogP contribution in [0, 0.1) is 0 Å². The van der Waals surface area contributed by atoms with Crippen molar-refractivity contribution in [2.75, 3.05) is 13.6 Å². The van der Waals surface area contributed by atoms with E-state index in [9.17, 15) is 9.59 Å². The molecule has 0 bridgehead atoms. The van der Waals surface area contributed by atoms with Gasteiger partial charge < -0.3 is 19.8 Å². The van der Waals surface area contributed by atoms with Gasteiger partial charge in [0, 0.05) is 44.5 Å². The lowest BCUT2D eigenvalue weighted by Crippen LogP contribution is -2.39. The Balaban J connectivity index is 1.61. The van der Waals surface area contributed by atoms with Crippen LogP contribution in [0.5, 0.6) is 0 Å². The Morgan fingerprint density at radius 3 is 2.68 bits per heavy atom. The van der Waals surface area contributed by atoms with E-state index in [-0.39, 0.29) is 11.5 Å². The lowest BCUT2D eigenvalue weighted by molar-refractivity contribution is 0.0673. The van der Waals surface area contributed by atoms with Gasteiger partial charge in [0.1, 0.15) is 11.3 Å². The maximum absolute atomic E-state index is 12.9. The van der Waals surface area contributed by atoms with Crippen LogP contribution in [-0.2, 0) is 18.5 Å². The van der Waals surface area contributed by atoms with E-state index in [1.54, 1.807) is 11.9 Å². The van der Waals surface area contributed by atoms with E-state index in [0.717, 1.165) is 30.7 Å². The van der Waals surface area contributed by atoms with Gasteiger partial charge in [-0.1, -0.05) is 5.16 Å². The molecule has 1 saturated carbocycles. The van der Waals surface area contributed by atoms with E-state index < -0.39 is 11.5 Å². The molecule has 9 heteroatoms. The number of aromatic carboxylic acids is 1. The summed E-state index contributed by atoms with van der Waals surface area (Å²) in [5.41, 5.74) is 0.534. The Morgan fingerprint density at radius 1 is 1.32 bits per heavy atom. The van der Waals surface area contributed by atoms with Gasteiger partial charge in [-0.25, -0.2) is 14.8 Å². The maximum atomic E-state index is 12.9. The molecule has 0 atom stereocenters. The molecule has 2 aromatic rings. The highest BCUT2D eigenvalue weighted by molar-refractivity contribution is 5.94. The molecule has 2 aromatic heterocycles. The van der Waals surface area contributed by atoms with Crippen LogP contribution in [0.25, 0.3) is 0 Å². The van der Waals surface area contributed by atoms with Gasteiger partial charge in [-0.15, -0.1) is 0 Å². The highest BCUT2D eigenvalue weighted by Gasteiger charge is 2.53. The zero-order valence-electron chi connectivity index (χ0n) is 13.7. The largest absolute Gasteiger partial charge is 0.478 e. The van der Waals surface area contributed by atoms with Crippen molar-refractivity contribution in [2.45, 2.75) is 31.3 Å². The van der Waals surface area contributed by atoms with Crippen LogP contribution in [0.15, 0.2) is 16.9 Å². The summed E-state index contributed by atoms with van der Waals surface area (Å²) in [6, 6.07) is 0. The topological polar surface area (TPSA) is 121 Å².